The first-order valence-corrected chi connectivity index (χ1v) is 6.12. The molecule has 0 spiro atoms. The first-order chi connectivity index (χ1) is 9.24. The maximum atomic E-state index is 5.96. The molecule has 0 aliphatic carbocycles. The highest BCUT2D eigenvalue weighted by atomic mass is 16.5. The number of ether oxygens (including phenoxy) is 1. The van der Waals surface area contributed by atoms with E-state index in [1.807, 2.05) is 55.5 Å². The molecular formula is C16H14N2O. The van der Waals surface area contributed by atoms with Gasteiger partial charge in [-0.15, -0.1) is 0 Å². The standard InChI is InChI=1S/C16H14N2O/c1-11-5-7-12(8-6-11)19-16-14-3-2-4-15(17)13(14)9-10-18-16/h2-10H,17H2,1H3. The van der Waals surface area contributed by atoms with Crippen LogP contribution in [0, 0.1) is 6.92 Å². The summed E-state index contributed by atoms with van der Waals surface area (Å²) in [6.45, 7) is 2.04. The molecule has 3 aromatic rings. The molecule has 19 heavy (non-hydrogen) atoms. The fourth-order valence-corrected chi connectivity index (χ4v) is 2.00. The summed E-state index contributed by atoms with van der Waals surface area (Å²) < 4.78 is 5.83. The largest absolute Gasteiger partial charge is 0.438 e. The number of benzene rings is 2. The second-order valence-corrected chi connectivity index (χ2v) is 4.47. The van der Waals surface area contributed by atoms with Crippen LogP contribution in [0.15, 0.2) is 54.7 Å². The molecule has 0 unspecified atom stereocenters. The lowest BCUT2D eigenvalue weighted by molar-refractivity contribution is 0.469. The Kier molecular flexibility index (Phi) is 2.80. The lowest BCUT2D eigenvalue weighted by Crippen LogP contribution is -1.92. The summed E-state index contributed by atoms with van der Waals surface area (Å²) >= 11 is 0. The summed E-state index contributed by atoms with van der Waals surface area (Å²) in [6.07, 6.45) is 1.71. The van der Waals surface area contributed by atoms with Gasteiger partial charge in [0.05, 0.1) is 0 Å². The highest BCUT2D eigenvalue weighted by Crippen LogP contribution is 2.30. The third-order valence-electron chi connectivity index (χ3n) is 3.04. The maximum Gasteiger partial charge on any atom is 0.227 e. The minimum Gasteiger partial charge on any atom is -0.438 e. The van der Waals surface area contributed by atoms with Gasteiger partial charge in [0.15, 0.2) is 0 Å². The van der Waals surface area contributed by atoms with Gasteiger partial charge in [0.2, 0.25) is 5.88 Å². The monoisotopic (exact) mass is 250 g/mol. The first-order valence-electron chi connectivity index (χ1n) is 6.12. The van der Waals surface area contributed by atoms with E-state index in [2.05, 4.69) is 4.98 Å². The van der Waals surface area contributed by atoms with E-state index in [9.17, 15) is 0 Å². The van der Waals surface area contributed by atoms with Crippen LogP contribution >= 0.6 is 0 Å². The average Bonchev–Trinajstić information content (AvgIpc) is 2.43. The predicted octanol–water partition coefficient (Wildman–Crippen LogP) is 3.92. The molecule has 0 aliphatic heterocycles. The number of anilines is 1. The smallest absolute Gasteiger partial charge is 0.227 e. The molecule has 1 aromatic heterocycles. The van der Waals surface area contributed by atoms with Crippen LogP contribution in [-0.2, 0) is 0 Å². The number of aryl methyl sites for hydroxylation is 1. The van der Waals surface area contributed by atoms with Gasteiger partial charge in [0.25, 0.3) is 0 Å². The second-order valence-electron chi connectivity index (χ2n) is 4.47. The highest BCUT2D eigenvalue weighted by Gasteiger charge is 2.06. The minimum atomic E-state index is 0.577. The Morgan fingerprint density at radius 3 is 2.53 bits per heavy atom. The van der Waals surface area contributed by atoms with Gasteiger partial charge in [-0.3, -0.25) is 0 Å². The van der Waals surface area contributed by atoms with Crippen molar-refractivity contribution in [2.45, 2.75) is 6.92 Å². The highest BCUT2D eigenvalue weighted by molar-refractivity contribution is 5.95. The number of nitrogens with two attached hydrogens (primary N) is 1. The average molecular weight is 250 g/mol. The third kappa shape index (κ3) is 2.22. The molecule has 0 amide bonds. The number of aromatic nitrogens is 1. The van der Waals surface area contributed by atoms with Crippen molar-refractivity contribution in [2.24, 2.45) is 0 Å². The van der Waals surface area contributed by atoms with Crippen LogP contribution in [0.4, 0.5) is 5.69 Å². The summed E-state index contributed by atoms with van der Waals surface area (Å²) in [5.74, 6) is 1.35. The lowest BCUT2D eigenvalue weighted by atomic mass is 10.1. The second kappa shape index (κ2) is 4.61. The third-order valence-corrected chi connectivity index (χ3v) is 3.04. The van der Waals surface area contributed by atoms with Crippen LogP contribution in [0.5, 0.6) is 11.6 Å². The molecule has 2 N–H and O–H groups in total. The Labute approximate surface area is 111 Å². The van der Waals surface area contributed by atoms with Gasteiger partial charge in [-0.2, -0.15) is 0 Å². The molecule has 0 fully saturated rings. The van der Waals surface area contributed by atoms with E-state index >= 15 is 0 Å². The summed E-state index contributed by atoms with van der Waals surface area (Å²) in [5.41, 5.74) is 7.88. The Balaban J connectivity index is 2.06. The molecule has 0 bridgehead atoms. The van der Waals surface area contributed by atoms with Gasteiger partial charge < -0.3 is 10.5 Å². The zero-order valence-corrected chi connectivity index (χ0v) is 10.6. The van der Waals surface area contributed by atoms with Gasteiger partial charge in [0.1, 0.15) is 5.75 Å². The van der Waals surface area contributed by atoms with Crippen molar-refractivity contribution in [2.75, 3.05) is 5.73 Å². The molecule has 0 radical (unpaired) electrons. The molecule has 0 atom stereocenters. The number of nitrogen functional groups attached to an aromatic ring is 1. The number of rotatable bonds is 2. The minimum absolute atomic E-state index is 0.577. The van der Waals surface area contributed by atoms with E-state index in [0.29, 0.717) is 5.88 Å². The maximum absolute atomic E-state index is 5.96. The van der Waals surface area contributed by atoms with Crippen LogP contribution in [-0.4, -0.2) is 4.98 Å². The fourth-order valence-electron chi connectivity index (χ4n) is 2.00. The number of nitrogens with zero attached hydrogens (tertiary/aromatic N) is 1. The van der Waals surface area contributed by atoms with Crippen molar-refractivity contribution in [3.8, 4) is 11.6 Å². The van der Waals surface area contributed by atoms with Crippen molar-refractivity contribution < 1.29 is 4.74 Å². The zero-order valence-electron chi connectivity index (χ0n) is 10.6. The lowest BCUT2D eigenvalue weighted by Gasteiger charge is -2.09. The van der Waals surface area contributed by atoms with E-state index < -0.39 is 0 Å². The predicted molar refractivity (Wildman–Crippen MR) is 77.4 cm³/mol. The van der Waals surface area contributed by atoms with Gasteiger partial charge in [-0.1, -0.05) is 23.8 Å². The molecule has 2 aromatic carbocycles. The topological polar surface area (TPSA) is 48.1 Å². The van der Waals surface area contributed by atoms with Gasteiger partial charge in [-0.05, 0) is 37.3 Å². The van der Waals surface area contributed by atoms with E-state index in [4.69, 9.17) is 10.5 Å². The summed E-state index contributed by atoms with van der Waals surface area (Å²) in [5, 5.41) is 1.88. The number of hydrogen-bond acceptors (Lipinski definition) is 3. The first kappa shape index (κ1) is 11.5. The summed E-state index contributed by atoms with van der Waals surface area (Å²) in [6, 6.07) is 15.5. The molecule has 0 saturated carbocycles. The molecule has 3 nitrogen and oxygen atoms in total. The Bertz CT molecular complexity index is 720. The van der Waals surface area contributed by atoms with Crippen LogP contribution < -0.4 is 10.5 Å². The van der Waals surface area contributed by atoms with Crippen molar-refractivity contribution in [1.29, 1.82) is 0 Å². The van der Waals surface area contributed by atoms with Gasteiger partial charge >= 0.3 is 0 Å². The molecule has 3 rings (SSSR count). The number of fused-ring (bicyclic) bond motifs is 1. The van der Waals surface area contributed by atoms with Gasteiger partial charge in [0, 0.05) is 22.7 Å². The Morgan fingerprint density at radius 1 is 0.947 bits per heavy atom. The number of hydrogen-bond donors (Lipinski definition) is 1. The normalized spacial score (nSPS) is 10.6. The van der Waals surface area contributed by atoms with Gasteiger partial charge in [-0.25, -0.2) is 4.98 Å². The van der Waals surface area contributed by atoms with Crippen molar-refractivity contribution in [1.82, 2.24) is 4.98 Å². The molecule has 3 heteroatoms. The van der Waals surface area contributed by atoms with Crippen molar-refractivity contribution >= 4 is 16.5 Å². The molecular weight excluding hydrogens is 236 g/mol. The fraction of sp³-hybridized carbons (Fsp3) is 0.0625. The molecule has 94 valence electrons. The van der Waals surface area contributed by atoms with E-state index in [1.165, 1.54) is 5.56 Å². The SMILES string of the molecule is Cc1ccc(Oc2nccc3c(N)cccc23)cc1. The van der Waals surface area contributed by atoms with Crippen LogP contribution in [0.3, 0.4) is 0 Å². The van der Waals surface area contributed by atoms with E-state index in [1.54, 1.807) is 6.20 Å². The summed E-state index contributed by atoms with van der Waals surface area (Å²) in [4.78, 5) is 4.29. The van der Waals surface area contributed by atoms with Crippen LogP contribution in [0.2, 0.25) is 0 Å². The van der Waals surface area contributed by atoms with Crippen molar-refractivity contribution in [3.05, 3.63) is 60.3 Å². The van der Waals surface area contributed by atoms with Crippen LogP contribution in [0.1, 0.15) is 5.56 Å². The Morgan fingerprint density at radius 2 is 1.74 bits per heavy atom. The quantitative estimate of drug-likeness (QED) is 0.701. The molecule has 0 saturated heterocycles. The van der Waals surface area contributed by atoms with Crippen molar-refractivity contribution in [3.63, 3.8) is 0 Å². The molecule has 0 aliphatic rings. The zero-order chi connectivity index (χ0) is 13.2. The van der Waals surface area contributed by atoms with Crippen LogP contribution in [0.25, 0.3) is 10.8 Å². The van der Waals surface area contributed by atoms with E-state index in [0.717, 1.165) is 22.2 Å². The number of pyridine rings is 1. The Hall–Kier alpha value is -2.55. The van der Waals surface area contributed by atoms with E-state index in [-0.39, 0.29) is 0 Å². The molecule has 1 heterocycles. The summed E-state index contributed by atoms with van der Waals surface area (Å²) in [7, 11) is 0.